The quantitative estimate of drug-likeness (QED) is 0.887. The topological polar surface area (TPSA) is 47.9 Å². The predicted octanol–water partition coefficient (Wildman–Crippen LogP) is 2.18. The highest BCUT2D eigenvalue weighted by Crippen LogP contribution is 2.33. The summed E-state index contributed by atoms with van der Waals surface area (Å²) in [5.41, 5.74) is 0.965. The molecule has 2 atom stereocenters. The molecule has 1 aromatic carbocycles. The molecule has 0 bridgehead atoms. The van der Waals surface area contributed by atoms with Crippen molar-refractivity contribution in [2.24, 2.45) is 0 Å². The van der Waals surface area contributed by atoms with Crippen molar-refractivity contribution in [2.75, 3.05) is 20.3 Å². The zero-order valence-electron chi connectivity index (χ0n) is 11.6. The lowest BCUT2D eigenvalue weighted by Gasteiger charge is -2.25. The van der Waals surface area contributed by atoms with Gasteiger partial charge in [-0.1, -0.05) is 12.1 Å². The van der Waals surface area contributed by atoms with Crippen LogP contribution in [0, 0.1) is 0 Å². The normalized spacial score (nSPS) is 20.9. The molecule has 1 heterocycles. The van der Waals surface area contributed by atoms with Crippen molar-refractivity contribution in [1.29, 1.82) is 0 Å². The maximum absolute atomic E-state index is 9.52. The van der Waals surface area contributed by atoms with Gasteiger partial charge in [0.05, 0.1) is 19.8 Å². The molecule has 0 aromatic heterocycles. The van der Waals surface area contributed by atoms with Crippen molar-refractivity contribution in [3.63, 3.8) is 0 Å². The minimum absolute atomic E-state index is 0.0875. The Kier molecular flexibility index (Phi) is 5.05. The van der Waals surface area contributed by atoms with Gasteiger partial charge in [0.25, 0.3) is 0 Å². The van der Waals surface area contributed by atoms with Crippen LogP contribution in [0.2, 0.25) is 0 Å². The number of ether oxygens (including phenoxy) is 3. The molecule has 0 amide bonds. The zero-order chi connectivity index (χ0) is 13.7. The molecule has 4 nitrogen and oxygen atoms in total. The molecule has 1 saturated heterocycles. The van der Waals surface area contributed by atoms with Crippen LogP contribution in [0.4, 0.5) is 0 Å². The van der Waals surface area contributed by atoms with Gasteiger partial charge in [-0.05, 0) is 25.8 Å². The van der Waals surface area contributed by atoms with Crippen LogP contribution in [0.1, 0.15) is 25.3 Å². The molecule has 106 valence electrons. The van der Waals surface area contributed by atoms with Crippen molar-refractivity contribution >= 4 is 0 Å². The van der Waals surface area contributed by atoms with E-state index in [-0.39, 0.29) is 6.10 Å². The van der Waals surface area contributed by atoms with Gasteiger partial charge >= 0.3 is 0 Å². The first-order valence-electron chi connectivity index (χ1n) is 6.79. The third kappa shape index (κ3) is 3.85. The second-order valence-corrected chi connectivity index (χ2v) is 4.96. The van der Waals surface area contributed by atoms with Gasteiger partial charge in [-0.15, -0.1) is 0 Å². The van der Waals surface area contributed by atoms with Gasteiger partial charge in [0, 0.05) is 18.6 Å². The predicted molar refractivity (Wildman–Crippen MR) is 72.8 cm³/mol. The van der Waals surface area contributed by atoms with Crippen molar-refractivity contribution in [1.82, 2.24) is 0 Å². The van der Waals surface area contributed by atoms with E-state index in [1.165, 1.54) is 0 Å². The van der Waals surface area contributed by atoms with E-state index in [9.17, 15) is 5.11 Å². The van der Waals surface area contributed by atoms with Crippen molar-refractivity contribution < 1.29 is 19.3 Å². The molecule has 4 heteroatoms. The van der Waals surface area contributed by atoms with Gasteiger partial charge in [-0.2, -0.15) is 0 Å². The van der Waals surface area contributed by atoms with Gasteiger partial charge in [-0.3, -0.25) is 0 Å². The molecule has 1 N–H and O–H groups in total. The molecule has 1 aliphatic rings. The van der Waals surface area contributed by atoms with Crippen LogP contribution in [-0.2, 0) is 11.2 Å². The summed E-state index contributed by atoms with van der Waals surface area (Å²) in [5, 5.41) is 9.52. The highest BCUT2D eigenvalue weighted by molar-refractivity contribution is 5.47. The molecular formula is C15H22O4. The second-order valence-electron chi connectivity index (χ2n) is 4.96. The summed E-state index contributed by atoms with van der Waals surface area (Å²) in [6, 6.07) is 5.79. The van der Waals surface area contributed by atoms with Crippen LogP contribution in [0.15, 0.2) is 18.2 Å². The molecule has 2 rings (SSSR count). The number of methoxy groups -OCH3 is 1. The van der Waals surface area contributed by atoms with Gasteiger partial charge in [0.1, 0.15) is 6.10 Å². The highest BCUT2D eigenvalue weighted by atomic mass is 16.5. The molecule has 0 saturated carbocycles. The van der Waals surface area contributed by atoms with Crippen molar-refractivity contribution in [2.45, 2.75) is 38.4 Å². The first kappa shape index (κ1) is 14.2. The third-order valence-electron chi connectivity index (χ3n) is 3.19. The van der Waals surface area contributed by atoms with Gasteiger partial charge in [0.2, 0.25) is 0 Å². The molecule has 1 aliphatic heterocycles. The molecule has 0 radical (unpaired) electrons. The van der Waals surface area contributed by atoms with Crippen molar-refractivity contribution in [3.05, 3.63) is 23.8 Å². The lowest BCUT2D eigenvalue weighted by Crippen LogP contribution is -2.28. The third-order valence-corrected chi connectivity index (χ3v) is 3.19. The minimum atomic E-state index is -0.401. The average molecular weight is 266 g/mol. The standard InChI is InChI=1S/C15H22O4/c1-11(16)9-12-5-3-7-14(15(12)17-2)19-13-6-4-8-18-10-13/h3,5,7,11,13,16H,4,6,8-10H2,1-2H3. The second kappa shape index (κ2) is 6.78. The van der Waals surface area contributed by atoms with Crippen LogP contribution < -0.4 is 9.47 Å². The first-order valence-corrected chi connectivity index (χ1v) is 6.79. The number of para-hydroxylation sites is 1. The maximum atomic E-state index is 9.52. The molecule has 1 fully saturated rings. The Bertz CT molecular complexity index is 397. The number of hydrogen-bond donors (Lipinski definition) is 1. The Balaban J connectivity index is 2.14. The lowest BCUT2D eigenvalue weighted by molar-refractivity contribution is 0.00637. The number of benzene rings is 1. The minimum Gasteiger partial charge on any atom is -0.493 e. The van der Waals surface area contributed by atoms with E-state index in [0.29, 0.717) is 18.8 Å². The number of hydrogen-bond acceptors (Lipinski definition) is 4. The largest absolute Gasteiger partial charge is 0.493 e. The van der Waals surface area contributed by atoms with Crippen LogP contribution in [0.25, 0.3) is 0 Å². The lowest BCUT2D eigenvalue weighted by atomic mass is 10.1. The first-order chi connectivity index (χ1) is 9.20. The Morgan fingerprint density at radius 3 is 2.95 bits per heavy atom. The van der Waals surface area contributed by atoms with E-state index < -0.39 is 6.10 Å². The van der Waals surface area contributed by atoms with E-state index in [1.54, 1.807) is 14.0 Å². The molecule has 0 spiro atoms. The molecule has 2 unspecified atom stereocenters. The van der Waals surface area contributed by atoms with E-state index in [2.05, 4.69) is 0 Å². The zero-order valence-corrected chi connectivity index (χ0v) is 11.6. The monoisotopic (exact) mass is 266 g/mol. The van der Waals surface area contributed by atoms with Crippen LogP contribution in [0.3, 0.4) is 0 Å². The molecule has 0 aliphatic carbocycles. The average Bonchev–Trinajstić information content (AvgIpc) is 2.39. The van der Waals surface area contributed by atoms with Crippen molar-refractivity contribution in [3.8, 4) is 11.5 Å². The Morgan fingerprint density at radius 2 is 2.32 bits per heavy atom. The van der Waals surface area contributed by atoms with Gasteiger partial charge in [-0.25, -0.2) is 0 Å². The number of aliphatic hydroxyl groups excluding tert-OH is 1. The van der Waals surface area contributed by atoms with E-state index in [0.717, 1.165) is 30.8 Å². The fraction of sp³-hybridized carbons (Fsp3) is 0.600. The summed E-state index contributed by atoms with van der Waals surface area (Å²) in [7, 11) is 1.63. The molecular weight excluding hydrogens is 244 g/mol. The summed E-state index contributed by atoms with van der Waals surface area (Å²) in [5.74, 6) is 1.45. The molecule has 19 heavy (non-hydrogen) atoms. The SMILES string of the molecule is COc1c(CC(C)O)cccc1OC1CCCOC1. The summed E-state index contributed by atoms with van der Waals surface area (Å²) >= 11 is 0. The van der Waals surface area contributed by atoms with Gasteiger partial charge < -0.3 is 19.3 Å². The van der Waals surface area contributed by atoms with Crippen LogP contribution in [-0.4, -0.2) is 37.6 Å². The Hall–Kier alpha value is -1.26. The fourth-order valence-electron chi connectivity index (χ4n) is 2.35. The number of aliphatic hydroxyl groups is 1. The summed E-state index contributed by atoms with van der Waals surface area (Å²) in [6.07, 6.45) is 2.28. The van der Waals surface area contributed by atoms with Crippen LogP contribution >= 0.6 is 0 Å². The smallest absolute Gasteiger partial charge is 0.164 e. The Labute approximate surface area is 114 Å². The maximum Gasteiger partial charge on any atom is 0.164 e. The summed E-state index contributed by atoms with van der Waals surface area (Å²) in [6.45, 7) is 3.21. The summed E-state index contributed by atoms with van der Waals surface area (Å²) < 4.78 is 16.8. The van der Waals surface area contributed by atoms with E-state index >= 15 is 0 Å². The fourth-order valence-corrected chi connectivity index (χ4v) is 2.35. The van der Waals surface area contributed by atoms with E-state index in [1.807, 2.05) is 18.2 Å². The molecule has 1 aromatic rings. The summed E-state index contributed by atoms with van der Waals surface area (Å²) in [4.78, 5) is 0. The van der Waals surface area contributed by atoms with Gasteiger partial charge in [0.15, 0.2) is 11.5 Å². The van der Waals surface area contributed by atoms with Crippen LogP contribution in [0.5, 0.6) is 11.5 Å². The number of rotatable bonds is 5. The Morgan fingerprint density at radius 1 is 1.47 bits per heavy atom. The van der Waals surface area contributed by atoms with E-state index in [4.69, 9.17) is 14.2 Å². The highest BCUT2D eigenvalue weighted by Gasteiger charge is 2.19.